The van der Waals surface area contributed by atoms with Crippen molar-refractivity contribution in [2.45, 2.75) is 52.6 Å². The first-order valence-corrected chi connectivity index (χ1v) is 8.23. The van der Waals surface area contributed by atoms with E-state index in [9.17, 15) is 5.11 Å². The molecule has 0 aliphatic carbocycles. The zero-order valence-corrected chi connectivity index (χ0v) is 13.8. The van der Waals surface area contributed by atoms with Gasteiger partial charge in [0.15, 0.2) is 0 Å². The van der Waals surface area contributed by atoms with E-state index in [2.05, 4.69) is 19.2 Å². The van der Waals surface area contributed by atoms with Crippen molar-refractivity contribution in [3.63, 3.8) is 0 Å². The number of aliphatic hydroxyl groups is 1. The van der Waals surface area contributed by atoms with Crippen LogP contribution in [0.3, 0.4) is 0 Å². The van der Waals surface area contributed by atoms with Crippen LogP contribution in [-0.4, -0.2) is 30.9 Å². The Morgan fingerprint density at radius 2 is 1.86 bits per heavy atom. The first-order valence-electron chi connectivity index (χ1n) is 8.23. The predicted molar refractivity (Wildman–Crippen MR) is 88.9 cm³/mol. The molecule has 3 nitrogen and oxygen atoms in total. The molecule has 0 fully saturated rings. The molecule has 1 aromatic carbocycles. The summed E-state index contributed by atoms with van der Waals surface area (Å²) in [4.78, 5) is 0. The van der Waals surface area contributed by atoms with Gasteiger partial charge in [-0.2, -0.15) is 0 Å². The average Bonchev–Trinajstić information content (AvgIpc) is 2.50. The van der Waals surface area contributed by atoms with E-state index in [0.717, 1.165) is 18.2 Å². The number of rotatable bonds is 11. The van der Waals surface area contributed by atoms with Crippen LogP contribution in [0, 0.1) is 12.8 Å². The first-order chi connectivity index (χ1) is 10.2. The second-order valence-corrected chi connectivity index (χ2v) is 5.85. The molecule has 0 radical (unpaired) electrons. The number of benzene rings is 1. The van der Waals surface area contributed by atoms with Crippen LogP contribution < -0.4 is 10.1 Å². The number of nitrogens with one attached hydrogen (secondary N) is 1. The lowest BCUT2D eigenvalue weighted by atomic mass is 9.99. The van der Waals surface area contributed by atoms with Gasteiger partial charge in [-0.15, -0.1) is 0 Å². The molecule has 0 unspecified atom stereocenters. The zero-order valence-electron chi connectivity index (χ0n) is 13.8. The minimum Gasteiger partial charge on any atom is -0.491 e. The lowest BCUT2D eigenvalue weighted by Gasteiger charge is -2.17. The van der Waals surface area contributed by atoms with Gasteiger partial charge in [-0.3, -0.25) is 0 Å². The summed E-state index contributed by atoms with van der Waals surface area (Å²) in [5, 5.41) is 13.3. The molecule has 1 rings (SSSR count). The molecule has 3 heteroatoms. The Kier molecular flexibility index (Phi) is 9.11. The number of unbranched alkanes of at least 4 members (excludes halogenated alkanes) is 1. The Hall–Kier alpha value is -1.06. The molecule has 0 bridgehead atoms. The molecular weight excluding hydrogens is 262 g/mol. The van der Waals surface area contributed by atoms with E-state index in [4.69, 9.17) is 4.74 Å². The third-order valence-electron chi connectivity index (χ3n) is 3.82. The fourth-order valence-electron chi connectivity index (χ4n) is 2.28. The average molecular weight is 293 g/mol. The van der Waals surface area contributed by atoms with Crippen LogP contribution in [0.5, 0.6) is 5.75 Å². The maximum atomic E-state index is 9.94. The van der Waals surface area contributed by atoms with Gasteiger partial charge in [0.25, 0.3) is 0 Å². The number of hydrogen-bond acceptors (Lipinski definition) is 3. The lowest BCUT2D eigenvalue weighted by molar-refractivity contribution is 0.105. The van der Waals surface area contributed by atoms with E-state index in [1.54, 1.807) is 0 Å². The molecular formula is C18H31NO2. The first kappa shape index (κ1) is 18.0. The largest absolute Gasteiger partial charge is 0.491 e. The zero-order chi connectivity index (χ0) is 15.5. The van der Waals surface area contributed by atoms with Gasteiger partial charge >= 0.3 is 0 Å². The second kappa shape index (κ2) is 10.6. The lowest BCUT2D eigenvalue weighted by Crippen LogP contribution is -2.34. The third-order valence-corrected chi connectivity index (χ3v) is 3.82. The Morgan fingerprint density at radius 1 is 1.14 bits per heavy atom. The summed E-state index contributed by atoms with van der Waals surface area (Å²) < 4.78 is 5.58. The highest BCUT2D eigenvalue weighted by atomic mass is 16.5. The monoisotopic (exact) mass is 293 g/mol. The van der Waals surface area contributed by atoms with Gasteiger partial charge in [-0.25, -0.2) is 0 Å². The van der Waals surface area contributed by atoms with Crippen LogP contribution in [0.1, 0.15) is 45.1 Å². The Morgan fingerprint density at radius 3 is 2.48 bits per heavy atom. The van der Waals surface area contributed by atoms with E-state index in [-0.39, 0.29) is 0 Å². The van der Waals surface area contributed by atoms with Crippen LogP contribution in [0.2, 0.25) is 0 Å². The normalized spacial score (nSPS) is 13.9. The van der Waals surface area contributed by atoms with E-state index in [1.807, 2.05) is 31.2 Å². The SMILES string of the molecule is CCCC[C@@H](CC)CNC[C@@H](O)COc1ccc(C)cc1. The van der Waals surface area contributed by atoms with Crippen LogP contribution in [-0.2, 0) is 0 Å². The molecule has 0 saturated carbocycles. The van der Waals surface area contributed by atoms with Gasteiger partial charge in [-0.05, 0) is 37.9 Å². The van der Waals surface area contributed by atoms with Crippen molar-refractivity contribution >= 4 is 0 Å². The van der Waals surface area contributed by atoms with Crippen molar-refractivity contribution in [1.29, 1.82) is 0 Å². The van der Waals surface area contributed by atoms with Crippen LogP contribution in [0.15, 0.2) is 24.3 Å². The molecule has 0 spiro atoms. The molecule has 2 atom stereocenters. The smallest absolute Gasteiger partial charge is 0.119 e. The van der Waals surface area contributed by atoms with Gasteiger partial charge in [0.2, 0.25) is 0 Å². The molecule has 0 heterocycles. The van der Waals surface area contributed by atoms with Crippen LogP contribution in [0.4, 0.5) is 0 Å². The molecule has 0 aliphatic heterocycles. The van der Waals surface area contributed by atoms with Crippen molar-refractivity contribution in [3.05, 3.63) is 29.8 Å². The highest BCUT2D eigenvalue weighted by molar-refractivity contribution is 5.26. The standard InChI is InChI=1S/C18H31NO2/c1-4-6-7-16(5-2)12-19-13-17(20)14-21-18-10-8-15(3)9-11-18/h8-11,16-17,19-20H,4-7,12-14H2,1-3H3/t16-,17-/m1/s1. The quantitative estimate of drug-likeness (QED) is 0.655. The van der Waals surface area contributed by atoms with Gasteiger partial charge in [0, 0.05) is 6.54 Å². The van der Waals surface area contributed by atoms with E-state index in [1.165, 1.54) is 31.2 Å². The fourth-order valence-corrected chi connectivity index (χ4v) is 2.28. The topological polar surface area (TPSA) is 41.5 Å². The Labute approximate surface area is 129 Å². The molecule has 2 N–H and O–H groups in total. The van der Waals surface area contributed by atoms with E-state index < -0.39 is 6.10 Å². The number of aliphatic hydroxyl groups excluding tert-OH is 1. The summed E-state index contributed by atoms with van der Waals surface area (Å²) in [6.07, 6.45) is 4.55. The van der Waals surface area contributed by atoms with Crippen LogP contribution in [0.25, 0.3) is 0 Å². The van der Waals surface area contributed by atoms with Gasteiger partial charge < -0.3 is 15.2 Å². The molecule has 1 aromatic rings. The summed E-state index contributed by atoms with van der Waals surface area (Å²) in [5.41, 5.74) is 1.21. The molecule has 21 heavy (non-hydrogen) atoms. The summed E-state index contributed by atoms with van der Waals surface area (Å²) >= 11 is 0. The number of ether oxygens (including phenoxy) is 1. The summed E-state index contributed by atoms with van der Waals surface area (Å²) in [6, 6.07) is 7.90. The van der Waals surface area contributed by atoms with Crippen molar-refractivity contribution in [2.24, 2.45) is 5.92 Å². The van der Waals surface area contributed by atoms with Crippen LogP contribution >= 0.6 is 0 Å². The fraction of sp³-hybridized carbons (Fsp3) is 0.667. The number of hydrogen-bond donors (Lipinski definition) is 2. The summed E-state index contributed by atoms with van der Waals surface area (Å²) in [5.74, 6) is 1.53. The summed E-state index contributed by atoms with van der Waals surface area (Å²) in [7, 11) is 0. The molecule has 0 aliphatic rings. The van der Waals surface area contributed by atoms with Crippen molar-refractivity contribution < 1.29 is 9.84 Å². The van der Waals surface area contributed by atoms with Crippen molar-refractivity contribution in [3.8, 4) is 5.75 Å². The van der Waals surface area contributed by atoms with E-state index >= 15 is 0 Å². The molecule has 0 amide bonds. The van der Waals surface area contributed by atoms with E-state index in [0.29, 0.717) is 13.2 Å². The second-order valence-electron chi connectivity index (χ2n) is 5.85. The summed E-state index contributed by atoms with van der Waals surface area (Å²) in [6.45, 7) is 8.42. The Balaban J connectivity index is 2.15. The minimum atomic E-state index is -0.463. The molecule has 0 aromatic heterocycles. The maximum absolute atomic E-state index is 9.94. The predicted octanol–water partition coefficient (Wildman–Crippen LogP) is 3.54. The molecule has 0 saturated heterocycles. The number of aryl methyl sites for hydroxylation is 1. The van der Waals surface area contributed by atoms with Crippen molar-refractivity contribution in [2.75, 3.05) is 19.7 Å². The van der Waals surface area contributed by atoms with Gasteiger partial charge in [0.1, 0.15) is 18.5 Å². The highest BCUT2D eigenvalue weighted by Crippen LogP contribution is 2.12. The Bertz CT molecular complexity index is 364. The third kappa shape index (κ3) is 8.08. The van der Waals surface area contributed by atoms with Crippen molar-refractivity contribution in [1.82, 2.24) is 5.32 Å². The molecule has 120 valence electrons. The van der Waals surface area contributed by atoms with Gasteiger partial charge in [-0.1, -0.05) is 50.8 Å². The maximum Gasteiger partial charge on any atom is 0.119 e. The highest BCUT2D eigenvalue weighted by Gasteiger charge is 2.08. The minimum absolute atomic E-state index is 0.335. The van der Waals surface area contributed by atoms with Gasteiger partial charge in [0.05, 0.1) is 0 Å².